The highest BCUT2D eigenvalue weighted by Gasteiger charge is 2.35. The number of carbonyl (C=O) groups is 1. The predicted octanol–water partition coefficient (Wildman–Crippen LogP) is 3.32. The Bertz CT molecular complexity index is 450. The van der Waals surface area contributed by atoms with Gasteiger partial charge in [0.05, 0.1) is 5.25 Å². The largest absolute Gasteiger partial charge is 0.338 e. The molecule has 1 aromatic rings. The number of benzene rings is 1. The zero-order valence-corrected chi connectivity index (χ0v) is 12.4. The van der Waals surface area contributed by atoms with Gasteiger partial charge in [0.15, 0.2) is 0 Å². The first-order valence-corrected chi connectivity index (χ1v) is 8.32. The first-order valence-electron chi connectivity index (χ1n) is 6.90. The highest BCUT2D eigenvalue weighted by molar-refractivity contribution is 8.01. The van der Waals surface area contributed by atoms with Crippen molar-refractivity contribution in [1.82, 2.24) is 4.90 Å². The molecule has 0 bridgehead atoms. The maximum absolute atomic E-state index is 12.7. The number of alkyl halides is 1. The standard InChI is InChI=1S/C15H18ClNOS/c16-8-9-17(12-5-3-6-12)15(18)14-10-11-4-1-2-7-13(11)19-14/h1-2,4,7,12,14H,3,5-6,8-10H2. The van der Waals surface area contributed by atoms with E-state index in [9.17, 15) is 4.79 Å². The van der Waals surface area contributed by atoms with E-state index in [1.165, 1.54) is 16.9 Å². The van der Waals surface area contributed by atoms with Gasteiger partial charge in [-0.3, -0.25) is 4.79 Å². The number of thioether (sulfide) groups is 1. The molecule has 0 spiro atoms. The molecule has 1 unspecified atom stereocenters. The molecule has 19 heavy (non-hydrogen) atoms. The highest BCUT2D eigenvalue weighted by Crippen LogP contribution is 2.38. The first-order chi connectivity index (χ1) is 9.29. The van der Waals surface area contributed by atoms with Crippen molar-refractivity contribution >= 4 is 29.3 Å². The van der Waals surface area contributed by atoms with Crippen molar-refractivity contribution in [3.63, 3.8) is 0 Å². The molecule has 1 aliphatic carbocycles. The van der Waals surface area contributed by atoms with Crippen LogP contribution in [0.15, 0.2) is 29.2 Å². The van der Waals surface area contributed by atoms with Crippen LogP contribution in [0.3, 0.4) is 0 Å². The predicted molar refractivity (Wildman–Crippen MR) is 79.9 cm³/mol. The van der Waals surface area contributed by atoms with Gasteiger partial charge in [0.2, 0.25) is 5.91 Å². The molecular weight excluding hydrogens is 278 g/mol. The van der Waals surface area contributed by atoms with E-state index in [0.29, 0.717) is 18.5 Å². The number of nitrogens with zero attached hydrogens (tertiary/aromatic N) is 1. The Morgan fingerprint density at radius 3 is 2.79 bits per heavy atom. The average molecular weight is 296 g/mol. The summed E-state index contributed by atoms with van der Waals surface area (Å²) in [7, 11) is 0. The first kappa shape index (κ1) is 13.3. The van der Waals surface area contributed by atoms with Gasteiger partial charge >= 0.3 is 0 Å². The van der Waals surface area contributed by atoms with Crippen LogP contribution in [0.1, 0.15) is 24.8 Å². The fraction of sp³-hybridized carbons (Fsp3) is 0.533. The molecule has 2 nitrogen and oxygen atoms in total. The second-order valence-corrected chi connectivity index (χ2v) is 6.85. The Morgan fingerprint density at radius 1 is 1.37 bits per heavy atom. The Hall–Kier alpha value is -0.670. The van der Waals surface area contributed by atoms with Crippen molar-refractivity contribution in [2.75, 3.05) is 12.4 Å². The number of hydrogen-bond donors (Lipinski definition) is 0. The van der Waals surface area contributed by atoms with Gasteiger partial charge in [-0.1, -0.05) is 18.2 Å². The van der Waals surface area contributed by atoms with Crippen molar-refractivity contribution in [3.8, 4) is 0 Å². The zero-order chi connectivity index (χ0) is 13.2. The Kier molecular flexibility index (Phi) is 4.04. The molecule has 1 amide bonds. The van der Waals surface area contributed by atoms with Crippen molar-refractivity contribution in [1.29, 1.82) is 0 Å². The molecule has 1 aromatic carbocycles. The van der Waals surface area contributed by atoms with Gasteiger partial charge in [0, 0.05) is 23.4 Å². The van der Waals surface area contributed by atoms with Crippen molar-refractivity contribution in [3.05, 3.63) is 29.8 Å². The summed E-state index contributed by atoms with van der Waals surface area (Å²) >= 11 is 7.58. The molecule has 0 saturated heterocycles. The molecule has 1 heterocycles. The lowest BCUT2D eigenvalue weighted by Gasteiger charge is -2.38. The van der Waals surface area contributed by atoms with Crippen molar-refractivity contribution < 1.29 is 4.79 Å². The van der Waals surface area contributed by atoms with Crippen LogP contribution in [0.25, 0.3) is 0 Å². The van der Waals surface area contributed by atoms with E-state index in [1.807, 2.05) is 11.0 Å². The van der Waals surface area contributed by atoms with E-state index in [4.69, 9.17) is 11.6 Å². The lowest BCUT2D eigenvalue weighted by Crippen LogP contribution is -2.48. The minimum Gasteiger partial charge on any atom is -0.338 e. The van der Waals surface area contributed by atoms with E-state index in [2.05, 4.69) is 18.2 Å². The number of carbonyl (C=O) groups excluding carboxylic acids is 1. The smallest absolute Gasteiger partial charge is 0.236 e. The van der Waals surface area contributed by atoms with Gasteiger partial charge in [-0.25, -0.2) is 0 Å². The minimum atomic E-state index is 0.0567. The average Bonchev–Trinajstić information content (AvgIpc) is 2.79. The third-order valence-corrected chi connectivity index (χ3v) is 5.52. The molecule has 0 radical (unpaired) electrons. The maximum atomic E-state index is 12.7. The second-order valence-electron chi connectivity index (χ2n) is 5.22. The number of halogens is 1. The molecule has 1 saturated carbocycles. The monoisotopic (exact) mass is 295 g/mol. The second kappa shape index (κ2) is 5.76. The van der Waals surface area contributed by atoms with Crippen LogP contribution in [0, 0.1) is 0 Å². The van der Waals surface area contributed by atoms with E-state index >= 15 is 0 Å². The normalized spacial score (nSPS) is 21.8. The van der Waals surface area contributed by atoms with Crippen LogP contribution in [-0.2, 0) is 11.2 Å². The summed E-state index contributed by atoms with van der Waals surface area (Å²) in [6.45, 7) is 0.693. The Balaban J connectivity index is 1.70. The third kappa shape index (κ3) is 2.63. The fourth-order valence-electron chi connectivity index (χ4n) is 2.77. The lowest BCUT2D eigenvalue weighted by atomic mass is 9.91. The summed E-state index contributed by atoms with van der Waals surface area (Å²) in [4.78, 5) is 16.0. The van der Waals surface area contributed by atoms with E-state index in [0.717, 1.165) is 19.3 Å². The Labute approximate surface area is 123 Å². The third-order valence-electron chi connectivity index (χ3n) is 4.05. The van der Waals surface area contributed by atoms with Gasteiger partial charge in [0.25, 0.3) is 0 Å². The van der Waals surface area contributed by atoms with E-state index < -0.39 is 0 Å². The van der Waals surface area contributed by atoms with Gasteiger partial charge in [0.1, 0.15) is 0 Å². The Morgan fingerprint density at radius 2 is 2.16 bits per heavy atom. The molecule has 4 heteroatoms. The van der Waals surface area contributed by atoms with Crippen LogP contribution in [0.5, 0.6) is 0 Å². The summed E-state index contributed by atoms with van der Waals surface area (Å²) in [5.41, 5.74) is 1.31. The molecule has 1 atom stereocenters. The van der Waals surface area contributed by atoms with Gasteiger partial charge in [-0.15, -0.1) is 23.4 Å². The van der Waals surface area contributed by atoms with E-state index in [1.54, 1.807) is 11.8 Å². The van der Waals surface area contributed by atoms with Crippen LogP contribution in [0.4, 0.5) is 0 Å². The van der Waals surface area contributed by atoms with Crippen LogP contribution in [0.2, 0.25) is 0 Å². The quantitative estimate of drug-likeness (QED) is 0.794. The SMILES string of the molecule is O=C(C1Cc2ccccc2S1)N(CCCl)C1CCC1. The number of rotatable bonds is 4. The summed E-state index contributed by atoms with van der Waals surface area (Å²) in [5.74, 6) is 0.818. The van der Waals surface area contributed by atoms with Crippen LogP contribution >= 0.6 is 23.4 Å². The number of fused-ring (bicyclic) bond motifs is 1. The van der Waals surface area contributed by atoms with Gasteiger partial charge < -0.3 is 4.90 Å². The van der Waals surface area contributed by atoms with Crippen LogP contribution < -0.4 is 0 Å². The summed E-state index contributed by atoms with van der Waals surface area (Å²) < 4.78 is 0. The van der Waals surface area contributed by atoms with Gasteiger partial charge in [-0.2, -0.15) is 0 Å². The molecule has 1 aliphatic heterocycles. The number of hydrogen-bond acceptors (Lipinski definition) is 2. The maximum Gasteiger partial charge on any atom is 0.236 e. The van der Waals surface area contributed by atoms with Gasteiger partial charge in [-0.05, 0) is 37.3 Å². The van der Waals surface area contributed by atoms with E-state index in [-0.39, 0.29) is 11.2 Å². The summed E-state index contributed by atoms with van der Waals surface area (Å²) in [5, 5.41) is 0.0567. The molecule has 1 fully saturated rings. The molecule has 102 valence electrons. The summed E-state index contributed by atoms with van der Waals surface area (Å²) in [6.07, 6.45) is 4.40. The molecule has 2 aliphatic rings. The zero-order valence-electron chi connectivity index (χ0n) is 10.8. The fourth-order valence-corrected chi connectivity index (χ4v) is 4.21. The molecule has 0 N–H and O–H groups in total. The molecule has 0 aromatic heterocycles. The molecular formula is C15H18ClNOS. The molecule has 3 rings (SSSR count). The lowest BCUT2D eigenvalue weighted by molar-refractivity contribution is -0.134. The number of amides is 1. The van der Waals surface area contributed by atoms with Crippen molar-refractivity contribution in [2.45, 2.75) is 41.9 Å². The highest BCUT2D eigenvalue weighted by atomic mass is 35.5. The van der Waals surface area contributed by atoms with Crippen LogP contribution in [-0.4, -0.2) is 34.5 Å². The summed E-state index contributed by atoms with van der Waals surface area (Å²) in [6, 6.07) is 8.78. The minimum absolute atomic E-state index is 0.0567. The topological polar surface area (TPSA) is 20.3 Å². The van der Waals surface area contributed by atoms with Crippen molar-refractivity contribution in [2.24, 2.45) is 0 Å².